The van der Waals surface area contributed by atoms with E-state index in [2.05, 4.69) is 20.7 Å². The van der Waals surface area contributed by atoms with E-state index in [1.165, 1.54) is 19.3 Å². The number of ether oxygens (including phenoxy) is 1. The minimum Gasteiger partial charge on any atom is -0.394 e. The number of para-hydroxylation sites is 3. The molecule has 0 N–H and O–H groups in total. The van der Waals surface area contributed by atoms with Crippen molar-refractivity contribution in [2.75, 3.05) is 44.9 Å². The van der Waals surface area contributed by atoms with Gasteiger partial charge in [0.25, 0.3) is 5.91 Å². The van der Waals surface area contributed by atoms with Crippen LogP contribution in [0.2, 0.25) is 0 Å². The van der Waals surface area contributed by atoms with Crippen molar-refractivity contribution in [1.29, 1.82) is 0 Å². The predicted molar refractivity (Wildman–Crippen MR) is 137 cm³/mol. The molecule has 0 spiro atoms. The Kier molecular flexibility index (Phi) is 7.39. The average Bonchev–Trinajstić information content (AvgIpc) is 3.37. The number of piperidine rings is 1. The Balaban J connectivity index is 1.35. The lowest BCUT2D eigenvalue weighted by molar-refractivity contribution is -0.112. The summed E-state index contributed by atoms with van der Waals surface area (Å²) in [5.74, 6) is 0.692. The second-order valence-electron chi connectivity index (χ2n) is 9.10. The van der Waals surface area contributed by atoms with Gasteiger partial charge >= 0.3 is 0 Å². The maximum Gasteiger partial charge on any atom is 0.281 e. The van der Waals surface area contributed by atoms with Crippen molar-refractivity contribution >= 4 is 28.3 Å². The third kappa shape index (κ3) is 5.09. The second-order valence-corrected chi connectivity index (χ2v) is 9.10. The van der Waals surface area contributed by atoms with Gasteiger partial charge in [0.2, 0.25) is 0 Å². The number of nitrogens with zero attached hydrogens (tertiary/aromatic N) is 5. The summed E-state index contributed by atoms with van der Waals surface area (Å²) in [5.41, 5.74) is 3.99. The van der Waals surface area contributed by atoms with Gasteiger partial charge in [0.15, 0.2) is 5.71 Å². The molecule has 5 rings (SSSR count). The van der Waals surface area contributed by atoms with E-state index in [-0.39, 0.29) is 5.91 Å². The Morgan fingerprint density at radius 3 is 2.63 bits per heavy atom. The number of likely N-dealkylation sites (tertiary alicyclic amines) is 1. The third-order valence-electron chi connectivity index (χ3n) is 6.76. The first-order valence-corrected chi connectivity index (χ1v) is 12.5. The van der Waals surface area contributed by atoms with Gasteiger partial charge in [-0.05, 0) is 50.6 Å². The zero-order valence-corrected chi connectivity index (χ0v) is 20.4. The monoisotopic (exact) mass is 475 g/mol. The standard InChI is InChI=1S/C27H33N5O3/c1-34-18-9-16-31-24-13-6-4-11-22(24)28-25(31)20-32-23-12-5-3-10-21(23)26(27(32)33)29-35-19-17-30-14-7-2-8-15-30/h3-6,10-13H,2,7-9,14-20H2,1H3/b29-26+. The second kappa shape index (κ2) is 11.0. The highest BCUT2D eigenvalue weighted by Gasteiger charge is 2.35. The van der Waals surface area contributed by atoms with Crippen molar-refractivity contribution in [3.8, 4) is 0 Å². The lowest BCUT2D eigenvalue weighted by atomic mass is 10.1. The Morgan fingerprint density at radius 2 is 1.77 bits per heavy atom. The largest absolute Gasteiger partial charge is 0.394 e. The van der Waals surface area contributed by atoms with E-state index < -0.39 is 0 Å². The minimum absolute atomic E-state index is 0.153. The van der Waals surface area contributed by atoms with Crippen LogP contribution in [0.5, 0.6) is 0 Å². The summed E-state index contributed by atoms with van der Waals surface area (Å²) in [5, 5.41) is 4.30. The summed E-state index contributed by atoms with van der Waals surface area (Å²) >= 11 is 0. The minimum atomic E-state index is -0.153. The first kappa shape index (κ1) is 23.5. The molecule has 35 heavy (non-hydrogen) atoms. The number of hydrogen-bond donors (Lipinski definition) is 0. The fourth-order valence-electron chi connectivity index (χ4n) is 4.97. The van der Waals surface area contributed by atoms with Crippen molar-refractivity contribution in [1.82, 2.24) is 14.5 Å². The van der Waals surface area contributed by atoms with Gasteiger partial charge in [-0.2, -0.15) is 0 Å². The number of anilines is 1. The molecule has 0 unspecified atom stereocenters. The molecule has 3 heterocycles. The molecular weight excluding hydrogens is 442 g/mol. The molecule has 1 aromatic heterocycles. The van der Waals surface area contributed by atoms with Gasteiger partial charge < -0.3 is 14.1 Å². The van der Waals surface area contributed by atoms with Crippen molar-refractivity contribution in [3.63, 3.8) is 0 Å². The van der Waals surface area contributed by atoms with Crippen molar-refractivity contribution in [2.24, 2.45) is 5.16 Å². The lowest BCUT2D eigenvalue weighted by Crippen LogP contribution is -2.33. The van der Waals surface area contributed by atoms with E-state index in [0.717, 1.165) is 60.7 Å². The number of carbonyl (C=O) groups is 1. The topological polar surface area (TPSA) is 72.2 Å². The highest BCUT2D eigenvalue weighted by atomic mass is 16.6. The van der Waals surface area contributed by atoms with Gasteiger partial charge in [0, 0.05) is 32.4 Å². The van der Waals surface area contributed by atoms with Gasteiger partial charge in [0.05, 0.1) is 23.3 Å². The SMILES string of the molecule is COCCCn1c(CN2C(=O)/C(=N/OCCN3CCCCC3)c3ccccc32)nc2ccccc21. The predicted octanol–water partition coefficient (Wildman–Crippen LogP) is 3.83. The van der Waals surface area contributed by atoms with Crippen molar-refractivity contribution in [3.05, 3.63) is 59.9 Å². The average molecular weight is 476 g/mol. The van der Waals surface area contributed by atoms with E-state index in [0.29, 0.717) is 25.5 Å². The van der Waals surface area contributed by atoms with Gasteiger partial charge in [-0.15, -0.1) is 0 Å². The number of methoxy groups -OCH3 is 1. The molecule has 0 radical (unpaired) electrons. The number of hydrogen-bond acceptors (Lipinski definition) is 6. The number of oxime groups is 1. The van der Waals surface area contributed by atoms with E-state index >= 15 is 0 Å². The number of fused-ring (bicyclic) bond motifs is 2. The molecule has 8 heteroatoms. The van der Waals surface area contributed by atoms with Crippen LogP contribution in [0.1, 0.15) is 37.1 Å². The molecule has 1 saturated heterocycles. The number of benzene rings is 2. The van der Waals surface area contributed by atoms with E-state index in [1.807, 2.05) is 42.5 Å². The molecule has 0 aliphatic carbocycles. The van der Waals surface area contributed by atoms with Crippen molar-refractivity contribution in [2.45, 2.75) is 38.8 Å². The van der Waals surface area contributed by atoms with Crippen LogP contribution < -0.4 is 4.90 Å². The molecule has 2 aliphatic heterocycles. The first-order chi connectivity index (χ1) is 17.3. The van der Waals surface area contributed by atoms with Crippen LogP contribution in [0.4, 0.5) is 5.69 Å². The molecule has 0 saturated carbocycles. The molecule has 1 amide bonds. The van der Waals surface area contributed by atoms with Crippen LogP contribution in [-0.2, 0) is 27.5 Å². The first-order valence-electron chi connectivity index (χ1n) is 12.5. The third-order valence-corrected chi connectivity index (χ3v) is 6.76. The summed E-state index contributed by atoms with van der Waals surface area (Å²) in [6, 6.07) is 15.8. The molecule has 2 aliphatic rings. The maximum atomic E-state index is 13.5. The highest BCUT2D eigenvalue weighted by molar-refractivity contribution is 6.54. The van der Waals surface area contributed by atoms with Crippen LogP contribution in [0.3, 0.4) is 0 Å². The summed E-state index contributed by atoms with van der Waals surface area (Å²) < 4.78 is 7.45. The Hall–Kier alpha value is -3.23. The molecule has 0 bridgehead atoms. The summed E-state index contributed by atoms with van der Waals surface area (Å²) in [6.07, 6.45) is 4.66. The number of rotatable bonds is 10. The van der Waals surface area contributed by atoms with Crippen LogP contribution in [0.25, 0.3) is 11.0 Å². The van der Waals surface area contributed by atoms with Gasteiger partial charge in [-0.3, -0.25) is 14.6 Å². The maximum absolute atomic E-state index is 13.5. The van der Waals surface area contributed by atoms with E-state index in [1.54, 1.807) is 12.0 Å². The van der Waals surface area contributed by atoms with Gasteiger partial charge in [-0.25, -0.2) is 4.98 Å². The fourth-order valence-corrected chi connectivity index (χ4v) is 4.97. The molecule has 184 valence electrons. The van der Waals surface area contributed by atoms with Crippen molar-refractivity contribution < 1.29 is 14.4 Å². The van der Waals surface area contributed by atoms with E-state index in [9.17, 15) is 4.79 Å². The van der Waals surface area contributed by atoms with Crippen LogP contribution in [-0.4, -0.2) is 66.0 Å². The molecule has 8 nitrogen and oxygen atoms in total. The smallest absolute Gasteiger partial charge is 0.281 e. The summed E-state index contributed by atoms with van der Waals surface area (Å²) in [4.78, 5) is 28.2. The Morgan fingerprint density at radius 1 is 0.971 bits per heavy atom. The number of aryl methyl sites for hydroxylation is 1. The zero-order valence-electron chi connectivity index (χ0n) is 20.4. The molecule has 0 atom stereocenters. The quantitative estimate of drug-likeness (QED) is 0.329. The lowest BCUT2D eigenvalue weighted by Gasteiger charge is -2.25. The zero-order chi connectivity index (χ0) is 24.0. The Labute approximate surface area is 206 Å². The molecule has 3 aromatic rings. The van der Waals surface area contributed by atoms with Crippen LogP contribution in [0.15, 0.2) is 53.7 Å². The molecular formula is C27H33N5O3. The van der Waals surface area contributed by atoms with Crippen LogP contribution >= 0.6 is 0 Å². The molecule has 1 fully saturated rings. The number of carbonyl (C=O) groups excluding carboxylic acids is 1. The summed E-state index contributed by atoms with van der Waals surface area (Å²) in [7, 11) is 1.71. The Bertz CT molecular complexity index is 1200. The highest BCUT2D eigenvalue weighted by Crippen LogP contribution is 2.31. The van der Waals surface area contributed by atoms with Gasteiger partial charge in [0.1, 0.15) is 12.4 Å². The fraction of sp³-hybridized carbons (Fsp3) is 0.444. The number of aromatic nitrogens is 2. The molecule has 2 aromatic carbocycles. The number of amides is 1. The van der Waals surface area contributed by atoms with E-state index in [4.69, 9.17) is 14.6 Å². The van der Waals surface area contributed by atoms with Gasteiger partial charge in [-0.1, -0.05) is 41.9 Å². The van der Waals surface area contributed by atoms with Crippen LogP contribution in [0, 0.1) is 0 Å². The summed E-state index contributed by atoms with van der Waals surface area (Å²) in [6.45, 7) is 5.35. The normalized spacial score (nSPS) is 17.5. The number of imidazole rings is 1.